The molecule has 0 aliphatic rings. The van der Waals surface area contributed by atoms with Crippen LogP contribution in [0.2, 0.25) is 0 Å². The minimum Gasteiger partial charge on any atom is -0.369 e. The Hall–Kier alpha value is -1.90. The number of hydrogen-bond acceptors (Lipinski definition) is 3. The molecule has 0 unspecified atom stereocenters. The van der Waals surface area contributed by atoms with Crippen molar-refractivity contribution in [1.82, 2.24) is 10.2 Å². The van der Waals surface area contributed by atoms with Crippen molar-refractivity contribution in [2.45, 2.75) is 20.8 Å². The van der Waals surface area contributed by atoms with Crippen LogP contribution >= 0.6 is 0 Å². The van der Waals surface area contributed by atoms with E-state index < -0.39 is 0 Å². The molecule has 1 heterocycles. The number of anilines is 1. The lowest BCUT2D eigenvalue weighted by molar-refractivity contribution is 1.02. The van der Waals surface area contributed by atoms with E-state index in [-0.39, 0.29) is 0 Å². The van der Waals surface area contributed by atoms with E-state index in [1.165, 1.54) is 11.1 Å². The molecule has 2 aromatic rings. The minimum absolute atomic E-state index is 0.820. The zero-order valence-electron chi connectivity index (χ0n) is 10.5. The van der Waals surface area contributed by atoms with Crippen LogP contribution in [0, 0.1) is 13.8 Å². The zero-order valence-corrected chi connectivity index (χ0v) is 10.5. The number of aromatic nitrogens is 2. The molecule has 2 rings (SSSR count). The predicted molar refractivity (Wildman–Crippen MR) is 71.1 cm³/mol. The summed E-state index contributed by atoms with van der Waals surface area (Å²) in [5, 5.41) is 11.5. The molecule has 1 aromatic heterocycles. The third kappa shape index (κ3) is 2.61. The minimum atomic E-state index is 0.820. The van der Waals surface area contributed by atoms with Gasteiger partial charge in [-0.25, -0.2) is 0 Å². The van der Waals surface area contributed by atoms with E-state index in [4.69, 9.17) is 0 Å². The first-order valence-corrected chi connectivity index (χ1v) is 5.86. The van der Waals surface area contributed by atoms with Crippen molar-refractivity contribution >= 4 is 5.82 Å². The summed E-state index contributed by atoms with van der Waals surface area (Å²) in [4.78, 5) is 0. The molecule has 0 bridgehead atoms. The maximum Gasteiger partial charge on any atom is 0.148 e. The molecule has 1 aromatic carbocycles. The second-order valence-electron chi connectivity index (χ2n) is 4.15. The molecule has 17 heavy (non-hydrogen) atoms. The molecular formula is C14H17N3. The van der Waals surface area contributed by atoms with Gasteiger partial charge in [0.25, 0.3) is 0 Å². The van der Waals surface area contributed by atoms with Crippen LogP contribution in [0.4, 0.5) is 5.82 Å². The summed E-state index contributed by atoms with van der Waals surface area (Å²) in [6, 6.07) is 10.3. The van der Waals surface area contributed by atoms with Crippen molar-refractivity contribution < 1.29 is 0 Å². The maximum atomic E-state index is 4.25. The number of hydrogen-bond donors (Lipinski definition) is 1. The lowest BCUT2D eigenvalue weighted by Crippen LogP contribution is -2.00. The van der Waals surface area contributed by atoms with E-state index in [0.717, 1.165) is 23.6 Å². The SMILES string of the molecule is CCNc1ccc(-c2ccc(C)cc2C)nn1. The first kappa shape index (κ1) is 11.6. The molecule has 0 fully saturated rings. The van der Waals surface area contributed by atoms with E-state index in [0.29, 0.717) is 0 Å². The Morgan fingerprint density at radius 2 is 1.88 bits per heavy atom. The second kappa shape index (κ2) is 4.95. The second-order valence-corrected chi connectivity index (χ2v) is 4.15. The Bertz CT molecular complexity index is 503. The molecule has 3 nitrogen and oxygen atoms in total. The highest BCUT2D eigenvalue weighted by Crippen LogP contribution is 2.22. The van der Waals surface area contributed by atoms with Crippen molar-refractivity contribution in [3.05, 3.63) is 41.5 Å². The third-order valence-electron chi connectivity index (χ3n) is 2.68. The van der Waals surface area contributed by atoms with E-state index in [1.807, 2.05) is 19.1 Å². The van der Waals surface area contributed by atoms with Gasteiger partial charge in [0.1, 0.15) is 5.82 Å². The van der Waals surface area contributed by atoms with Crippen molar-refractivity contribution in [1.29, 1.82) is 0 Å². The predicted octanol–water partition coefficient (Wildman–Crippen LogP) is 3.19. The fourth-order valence-corrected chi connectivity index (χ4v) is 1.85. The summed E-state index contributed by atoms with van der Waals surface area (Å²) in [5.41, 5.74) is 4.56. The van der Waals surface area contributed by atoms with Gasteiger partial charge < -0.3 is 5.32 Å². The first-order chi connectivity index (χ1) is 8.20. The van der Waals surface area contributed by atoms with E-state index >= 15 is 0 Å². The van der Waals surface area contributed by atoms with Gasteiger partial charge in [0.05, 0.1) is 5.69 Å². The molecular weight excluding hydrogens is 210 g/mol. The van der Waals surface area contributed by atoms with E-state index in [2.05, 4.69) is 47.6 Å². The van der Waals surface area contributed by atoms with Crippen LogP contribution in [0.5, 0.6) is 0 Å². The van der Waals surface area contributed by atoms with Gasteiger partial charge in [-0.2, -0.15) is 0 Å². The van der Waals surface area contributed by atoms with Gasteiger partial charge >= 0.3 is 0 Å². The standard InChI is InChI=1S/C14H17N3/c1-4-15-14-8-7-13(16-17-14)12-6-5-10(2)9-11(12)3/h5-9H,4H2,1-3H3,(H,15,17). The summed E-state index contributed by atoms with van der Waals surface area (Å²) < 4.78 is 0. The van der Waals surface area contributed by atoms with Gasteiger partial charge in [-0.3, -0.25) is 0 Å². The Labute approximate surface area is 102 Å². The summed E-state index contributed by atoms with van der Waals surface area (Å²) in [5.74, 6) is 0.820. The number of nitrogens with one attached hydrogen (secondary N) is 1. The quantitative estimate of drug-likeness (QED) is 0.875. The molecule has 3 heteroatoms. The Morgan fingerprint density at radius 1 is 1.06 bits per heavy atom. The fourth-order valence-electron chi connectivity index (χ4n) is 1.85. The van der Waals surface area contributed by atoms with Crippen molar-refractivity contribution in [3.8, 4) is 11.3 Å². The lowest BCUT2D eigenvalue weighted by Gasteiger charge is -2.06. The number of aryl methyl sites for hydroxylation is 2. The molecule has 0 atom stereocenters. The Morgan fingerprint density at radius 3 is 2.47 bits per heavy atom. The van der Waals surface area contributed by atoms with Gasteiger partial charge in [0.15, 0.2) is 0 Å². The van der Waals surface area contributed by atoms with Gasteiger partial charge in [0, 0.05) is 12.1 Å². The summed E-state index contributed by atoms with van der Waals surface area (Å²) in [6.07, 6.45) is 0. The molecule has 0 saturated heterocycles. The molecule has 1 N–H and O–H groups in total. The normalized spacial score (nSPS) is 10.3. The van der Waals surface area contributed by atoms with Crippen LogP contribution in [0.15, 0.2) is 30.3 Å². The Kier molecular flexibility index (Phi) is 3.38. The number of rotatable bonds is 3. The van der Waals surface area contributed by atoms with Crippen LogP contribution in [0.1, 0.15) is 18.1 Å². The zero-order chi connectivity index (χ0) is 12.3. The monoisotopic (exact) mass is 227 g/mol. The van der Waals surface area contributed by atoms with Crippen molar-refractivity contribution in [2.24, 2.45) is 0 Å². The smallest absolute Gasteiger partial charge is 0.148 e. The van der Waals surface area contributed by atoms with Crippen LogP contribution in [0.3, 0.4) is 0 Å². The molecule has 0 radical (unpaired) electrons. The summed E-state index contributed by atoms with van der Waals surface area (Å²) in [7, 11) is 0. The molecule has 0 aliphatic carbocycles. The van der Waals surface area contributed by atoms with E-state index in [1.54, 1.807) is 0 Å². The summed E-state index contributed by atoms with van der Waals surface area (Å²) in [6.45, 7) is 7.09. The van der Waals surface area contributed by atoms with Crippen LogP contribution in [0.25, 0.3) is 11.3 Å². The molecule has 0 aliphatic heterocycles. The van der Waals surface area contributed by atoms with Crippen LogP contribution in [-0.4, -0.2) is 16.7 Å². The third-order valence-corrected chi connectivity index (χ3v) is 2.68. The lowest BCUT2D eigenvalue weighted by atomic mass is 10.0. The number of benzene rings is 1. The molecule has 0 amide bonds. The van der Waals surface area contributed by atoms with Crippen molar-refractivity contribution in [3.63, 3.8) is 0 Å². The average Bonchev–Trinajstić information content (AvgIpc) is 2.31. The largest absolute Gasteiger partial charge is 0.369 e. The van der Waals surface area contributed by atoms with Gasteiger partial charge in [-0.1, -0.05) is 23.8 Å². The van der Waals surface area contributed by atoms with Crippen LogP contribution in [-0.2, 0) is 0 Å². The highest BCUT2D eigenvalue weighted by molar-refractivity contribution is 5.64. The van der Waals surface area contributed by atoms with E-state index in [9.17, 15) is 0 Å². The maximum absolute atomic E-state index is 4.25. The highest BCUT2D eigenvalue weighted by Gasteiger charge is 2.04. The van der Waals surface area contributed by atoms with Gasteiger partial charge in [-0.05, 0) is 38.5 Å². The first-order valence-electron chi connectivity index (χ1n) is 5.86. The number of nitrogens with zero attached hydrogens (tertiary/aromatic N) is 2. The molecule has 0 saturated carbocycles. The average molecular weight is 227 g/mol. The topological polar surface area (TPSA) is 37.8 Å². The van der Waals surface area contributed by atoms with Crippen LogP contribution < -0.4 is 5.32 Å². The van der Waals surface area contributed by atoms with Gasteiger partial charge in [-0.15, -0.1) is 10.2 Å². The molecule has 0 spiro atoms. The highest BCUT2D eigenvalue weighted by atomic mass is 15.2. The van der Waals surface area contributed by atoms with Gasteiger partial charge in [0.2, 0.25) is 0 Å². The Balaban J connectivity index is 2.33. The summed E-state index contributed by atoms with van der Waals surface area (Å²) >= 11 is 0. The fraction of sp³-hybridized carbons (Fsp3) is 0.286. The molecule has 88 valence electrons. The van der Waals surface area contributed by atoms with Crippen molar-refractivity contribution in [2.75, 3.05) is 11.9 Å².